The van der Waals surface area contributed by atoms with Crippen molar-refractivity contribution in [3.8, 4) is 0 Å². The van der Waals surface area contributed by atoms with Crippen molar-refractivity contribution in [3.63, 3.8) is 0 Å². The molecule has 0 atom stereocenters. The van der Waals surface area contributed by atoms with Crippen LogP contribution in [0.15, 0.2) is 0 Å². The summed E-state index contributed by atoms with van der Waals surface area (Å²) in [6, 6.07) is 0. The van der Waals surface area contributed by atoms with Crippen molar-refractivity contribution in [2.45, 2.75) is 18.1 Å². The maximum absolute atomic E-state index is 4.08. The van der Waals surface area contributed by atoms with Crippen molar-refractivity contribution in [1.82, 2.24) is 0 Å². The average Bonchev–Trinajstić information content (AvgIpc) is 1.75. The Morgan fingerprint density at radius 1 is 1.40 bits per heavy atom. The molecule has 0 nitrogen and oxygen atoms in total. The first-order valence-electron chi connectivity index (χ1n) is 1.57. The Morgan fingerprint density at radius 3 is 1.60 bits per heavy atom. The monoisotopic (exact) mass is 82.0 g/mol. The molecule has 0 spiro atoms. The Balaban J connectivity index is 0.000000160. The zero-order chi connectivity index (χ0) is 2.99. The van der Waals surface area contributed by atoms with Gasteiger partial charge in [-0.2, -0.15) is 12.6 Å². The Morgan fingerprint density at radius 2 is 1.60 bits per heavy atom. The van der Waals surface area contributed by atoms with Gasteiger partial charge in [0.1, 0.15) is 0 Å². The fraction of sp³-hybridized carbons (Fsp3) is 1.00. The molecule has 5 heavy (non-hydrogen) atoms. The minimum absolute atomic E-state index is 0. The second-order valence-electron chi connectivity index (χ2n) is 1.23. The van der Waals surface area contributed by atoms with Gasteiger partial charge in [-0.05, 0) is 12.8 Å². The summed E-state index contributed by atoms with van der Waals surface area (Å²) in [5.74, 6) is 0. The molecule has 0 unspecified atom stereocenters. The molecule has 2 heteroatoms. The molecule has 0 radical (unpaired) electrons. The van der Waals surface area contributed by atoms with Crippen LogP contribution in [0, 0.1) is 0 Å². The van der Waals surface area contributed by atoms with Crippen molar-refractivity contribution < 1.29 is 0 Å². The standard InChI is InChI=1S/C3H6S.Li.H/c4-3-1-2-3;;/h3-4H,1-2H2;;. The maximum atomic E-state index is 4.08. The van der Waals surface area contributed by atoms with E-state index in [0.717, 1.165) is 5.25 Å². The van der Waals surface area contributed by atoms with Crippen LogP contribution in [0.25, 0.3) is 0 Å². The second-order valence-corrected chi connectivity index (χ2v) is 1.96. The van der Waals surface area contributed by atoms with Crippen molar-refractivity contribution in [2.24, 2.45) is 0 Å². The van der Waals surface area contributed by atoms with E-state index >= 15 is 0 Å². The van der Waals surface area contributed by atoms with Gasteiger partial charge in [0.05, 0.1) is 0 Å². The molecule has 1 aliphatic carbocycles. The van der Waals surface area contributed by atoms with E-state index in [1.807, 2.05) is 0 Å². The van der Waals surface area contributed by atoms with Gasteiger partial charge in [0.15, 0.2) is 0 Å². The summed E-state index contributed by atoms with van der Waals surface area (Å²) in [6.45, 7) is 0. The van der Waals surface area contributed by atoms with E-state index in [9.17, 15) is 0 Å². The topological polar surface area (TPSA) is 0 Å². The summed E-state index contributed by atoms with van der Waals surface area (Å²) in [7, 11) is 0. The molecule has 26 valence electrons. The molecule has 0 aromatic carbocycles. The first-order valence-corrected chi connectivity index (χ1v) is 2.09. The number of hydrogen-bond acceptors (Lipinski definition) is 1. The molecule has 0 heterocycles. The van der Waals surface area contributed by atoms with E-state index in [-0.39, 0.29) is 18.9 Å². The molecule has 0 N–H and O–H groups in total. The molecule has 1 aliphatic rings. The third kappa shape index (κ3) is 2.76. The van der Waals surface area contributed by atoms with Gasteiger partial charge in [-0.25, -0.2) is 0 Å². The van der Waals surface area contributed by atoms with Gasteiger partial charge in [-0.1, -0.05) is 0 Å². The van der Waals surface area contributed by atoms with Gasteiger partial charge >= 0.3 is 18.9 Å². The SMILES string of the molecule is SC1CC1.[LiH]. The van der Waals surface area contributed by atoms with Gasteiger partial charge in [0.2, 0.25) is 0 Å². The van der Waals surface area contributed by atoms with Crippen LogP contribution in [0.3, 0.4) is 0 Å². The Hall–Kier alpha value is 0.947. The normalized spacial score (nSPS) is 21.0. The fourth-order valence-corrected chi connectivity index (χ4v) is 0.224. The van der Waals surface area contributed by atoms with E-state index in [0.29, 0.717) is 0 Å². The van der Waals surface area contributed by atoms with E-state index in [1.165, 1.54) is 12.8 Å². The molecule has 0 bridgehead atoms. The zero-order valence-corrected chi connectivity index (χ0v) is 3.33. The van der Waals surface area contributed by atoms with Crippen LogP contribution < -0.4 is 0 Å². The zero-order valence-electron chi connectivity index (χ0n) is 2.44. The Bertz CT molecular complexity index is 26.1. The molecule has 1 rings (SSSR count). The van der Waals surface area contributed by atoms with Crippen molar-refractivity contribution in [3.05, 3.63) is 0 Å². The predicted octanol–water partition coefficient (Wildman–Crippen LogP) is 0.430. The van der Waals surface area contributed by atoms with Crippen molar-refractivity contribution in [1.29, 1.82) is 0 Å². The van der Waals surface area contributed by atoms with Crippen molar-refractivity contribution in [2.75, 3.05) is 0 Å². The van der Waals surface area contributed by atoms with Crippen LogP contribution in [-0.4, -0.2) is 24.1 Å². The number of thiol groups is 1. The molecule has 0 aliphatic heterocycles. The molecular formula is C3H7LiS. The quantitative estimate of drug-likeness (QED) is 0.318. The molecule has 1 saturated carbocycles. The Kier molecular flexibility index (Phi) is 2.59. The minimum atomic E-state index is 0. The van der Waals surface area contributed by atoms with Crippen LogP contribution in [0.1, 0.15) is 12.8 Å². The molecule has 0 aromatic rings. The van der Waals surface area contributed by atoms with Crippen LogP contribution in [0.2, 0.25) is 0 Å². The van der Waals surface area contributed by atoms with Gasteiger partial charge in [0, 0.05) is 5.25 Å². The summed E-state index contributed by atoms with van der Waals surface area (Å²) in [4.78, 5) is 0. The second kappa shape index (κ2) is 2.18. The first kappa shape index (κ1) is 5.95. The predicted molar refractivity (Wildman–Crippen MR) is 29.2 cm³/mol. The van der Waals surface area contributed by atoms with Gasteiger partial charge in [0.25, 0.3) is 0 Å². The molecule has 0 aromatic heterocycles. The van der Waals surface area contributed by atoms with Crippen LogP contribution in [0.4, 0.5) is 0 Å². The summed E-state index contributed by atoms with van der Waals surface area (Å²) >= 11 is 4.08. The van der Waals surface area contributed by atoms with Crippen molar-refractivity contribution >= 4 is 31.5 Å². The van der Waals surface area contributed by atoms with E-state index < -0.39 is 0 Å². The average molecular weight is 82.1 g/mol. The van der Waals surface area contributed by atoms with Gasteiger partial charge in [-0.15, -0.1) is 0 Å². The molecule has 0 amide bonds. The number of rotatable bonds is 0. The van der Waals surface area contributed by atoms with Gasteiger partial charge < -0.3 is 0 Å². The Labute approximate surface area is 49.9 Å². The summed E-state index contributed by atoms with van der Waals surface area (Å²) in [5, 5.41) is 0.778. The van der Waals surface area contributed by atoms with Crippen LogP contribution in [0.5, 0.6) is 0 Å². The molecule has 0 saturated heterocycles. The third-order valence-electron chi connectivity index (χ3n) is 0.547. The summed E-state index contributed by atoms with van der Waals surface area (Å²) < 4.78 is 0. The fourth-order valence-electron chi connectivity index (χ4n) is 0.0745. The first-order chi connectivity index (χ1) is 1.89. The van der Waals surface area contributed by atoms with Crippen LogP contribution in [-0.2, 0) is 0 Å². The third-order valence-corrected chi connectivity index (χ3v) is 1.06. The van der Waals surface area contributed by atoms with E-state index in [1.54, 1.807) is 0 Å². The van der Waals surface area contributed by atoms with Crippen LogP contribution >= 0.6 is 12.6 Å². The summed E-state index contributed by atoms with van der Waals surface area (Å²) in [6.07, 6.45) is 2.70. The van der Waals surface area contributed by atoms with E-state index in [4.69, 9.17) is 0 Å². The van der Waals surface area contributed by atoms with E-state index in [2.05, 4.69) is 12.6 Å². The number of hydrogen-bond donors (Lipinski definition) is 1. The molecule has 1 fully saturated rings. The van der Waals surface area contributed by atoms with Gasteiger partial charge in [-0.3, -0.25) is 0 Å². The molecular weight excluding hydrogens is 75.0 g/mol. The summed E-state index contributed by atoms with van der Waals surface area (Å²) in [5.41, 5.74) is 0.